The van der Waals surface area contributed by atoms with E-state index in [0.717, 1.165) is 0 Å². The van der Waals surface area contributed by atoms with Crippen molar-refractivity contribution in [1.29, 1.82) is 0 Å². The molecular weight excluding hydrogens is 285 g/mol. The van der Waals surface area contributed by atoms with Crippen LogP contribution in [0.1, 0.15) is 5.56 Å². The van der Waals surface area contributed by atoms with Gasteiger partial charge in [-0.2, -0.15) is 13.2 Å². The molecule has 4 nitrogen and oxygen atoms in total. The molecule has 0 fully saturated rings. The Morgan fingerprint density at radius 3 is 2.52 bits per heavy atom. The zero-order valence-corrected chi connectivity index (χ0v) is 11.7. The number of benzene rings is 1. The van der Waals surface area contributed by atoms with Gasteiger partial charge in [-0.15, -0.1) is 0 Å². The molecule has 0 saturated carbocycles. The normalized spacial score (nSPS) is 13.0. The Balaban J connectivity index is 2.53. The Bertz CT molecular complexity index is 424. The molecule has 0 bridgehead atoms. The van der Waals surface area contributed by atoms with Gasteiger partial charge in [-0.1, -0.05) is 30.3 Å². The molecule has 0 heterocycles. The molecule has 21 heavy (non-hydrogen) atoms. The second-order valence-corrected chi connectivity index (χ2v) is 4.52. The quantitative estimate of drug-likeness (QED) is 0.716. The molecule has 0 aromatic heterocycles. The highest BCUT2D eigenvalue weighted by atomic mass is 19.4. The monoisotopic (exact) mass is 304 g/mol. The van der Waals surface area contributed by atoms with Gasteiger partial charge in [-0.05, 0) is 5.56 Å². The van der Waals surface area contributed by atoms with E-state index in [0.29, 0.717) is 18.7 Å². The lowest BCUT2D eigenvalue weighted by atomic mass is 10.1. The summed E-state index contributed by atoms with van der Waals surface area (Å²) in [5, 5.41) is 4.72. The number of methoxy groups -OCH3 is 1. The van der Waals surface area contributed by atoms with Crippen molar-refractivity contribution in [1.82, 2.24) is 10.6 Å². The van der Waals surface area contributed by atoms with Crippen LogP contribution in [-0.2, 0) is 16.0 Å². The number of carbonyl (C=O) groups excluding carboxylic acids is 1. The topological polar surface area (TPSA) is 50.4 Å². The number of hydrogen-bond acceptors (Lipinski definition) is 3. The minimum Gasteiger partial charge on any atom is -0.383 e. The molecule has 0 spiro atoms. The predicted octanol–water partition coefficient (Wildman–Crippen LogP) is 1.51. The van der Waals surface area contributed by atoms with Crippen LogP contribution in [0.25, 0.3) is 0 Å². The van der Waals surface area contributed by atoms with Gasteiger partial charge < -0.3 is 15.4 Å². The SMILES string of the molecule is COCCNCC(=O)NC(Cc1ccccc1)C(F)(F)F. The molecule has 0 saturated heterocycles. The minimum absolute atomic E-state index is 0.176. The first kappa shape index (κ1) is 17.5. The summed E-state index contributed by atoms with van der Waals surface area (Å²) in [6.07, 6.45) is -4.77. The highest BCUT2D eigenvalue weighted by Gasteiger charge is 2.40. The van der Waals surface area contributed by atoms with E-state index in [4.69, 9.17) is 4.74 Å². The van der Waals surface area contributed by atoms with E-state index in [1.54, 1.807) is 30.3 Å². The Morgan fingerprint density at radius 2 is 1.95 bits per heavy atom. The Morgan fingerprint density at radius 1 is 1.29 bits per heavy atom. The Hall–Kier alpha value is -1.60. The maximum Gasteiger partial charge on any atom is 0.408 e. The van der Waals surface area contributed by atoms with Gasteiger partial charge in [-0.3, -0.25) is 4.79 Å². The lowest BCUT2D eigenvalue weighted by Gasteiger charge is -2.22. The van der Waals surface area contributed by atoms with Crippen LogP contribution in [0.4, 0.5) is 13.2 Å². The largest absolute Gasteiger partial charge is 0.408 e. The van der Waals surface area contributed by atoms with Crippen LogP contribution in [0.3, 0.4) is 0 Å². The van der Waals surface area contributed by atoms with Gasteiger partial charge in [0.05, 0.1) is 13.2 Å². The van der Waals surface area contributed by atoms with Crippen molar-refractivity contribution in [3.05, 3.63) is 35.9 Å². The van der Waals surface area contributed by atoms with E-state index < -0.39 is 18.1 Å². The van der Waals surface area contributed by atoms with Crippen molar-refractivity contribution >= 4 is 5.91 Å². The first-order chi connectivity index (χ1) is 9.93. The van der Waals surface area contributed by atoms with Crippen LogP contribution in [0.2, 0.25) is 0 Å². The average molecular weight is 304 g/mol. The van der Waals surface area contributed by atoms with Crippen molar-refractivity contribution < 1.29 is 22.7 Å². The molecule has 1 atom stereocenters. The van der Waals surface area contributed by atoms with E-state index in [-0.39, 0.29) is 13.0 Å². The maximum absolute atomic E-state index is 13.0. The molecule has 2 N–H and O–H groups in total. The van der Waals surface area contributed by atoms with Gasteiger partial charge >= 0.3 is 6.18 Å². The summed E-state index contributed by atoms with van der Waals surface area (Å²) in [7, 11) is 1.50. The Kier molecular flexibility index (Phi) is 7.18. The lowest BCUT2D eigenvalue weighted by Crippen LogP contribution is -2.49. The van der Waals surface area contributed by atoms with Gasteiger partial charge in [0.2, 0.25) is 5.91 Å². The van der Waals surface area contributed by atoms with Gasteiger partial charge in [0.15, 0.2) is 0 Å². The summed E-state index contributed by atoms with van der Waals surface area (Å²) >= 11 is 0. The molecule has 0 aliphatic rings. The third kappa shape index (κ3) is 7.10. The summed E-state index contributed by atoms with van der Waals surface area (Å²) in [6, 6.07) is 6.36. The standard InChI is InChI=1S/C14H19F3N2O2/c1-21-8-7-18-10-13(20)19-12(14(15,16)17)9-11-5-3-2-4-6-11/h2-6,12,18H,7-10H2,1H3,(H,19,20). The fraction of sp³-hybridized carbons (Fsp3) is 0.500. The molecule has 1 amide bonds. The van der Waals surface area contributed by atoms with Gasteiger partial charge in [0.25, 0.3) is 0 Å². The molecule has 7 heteroatoms. The number of hydrogen-bond donors (Lipinski definition) is 2. The zero-order chi connectivity index (χ0) is 15.7. The highest BCUT2D eigenvalue weighted by Crippen LogP contribution is 2.23. The molecule has 118 valence electrons. The van der Waals surface area contributed by atoms with Crippen molar-refractivity contribution in [2.24, 2.45) is 0 Å². The van der Waals surface area contributed by atoms with Crippen LogP contribution in [0, 0.1) is 0 Å². The molecule has 1 unspecified atom stereocenters. The first-order valence-corrected chi connectivity index (χ1v) is 6.53. The summed E-state index contributed by atoms with van der Waals surface area (Å²) in [5.41, 5.74) is 0.521. The third-order valence-electron chi connectivity index (χ3n) is 2.78. The minimum atomic E-state index is -4.49. The van der Waals surface area contributed by atoms with E-state index in [1.165, 1.54) is 7.11 Å². The smallest absolute Gasteiger partial charge is 0.383 e. The van der Waals surface area contributed by atoms with Gasteiger partial charge in [-0.25, -0.2) is 0 Å². The highest BCUT2D eigenvalue weighted by molar-refractivity contribution is 5.78. The molecular formula is C14H19F3N2O2. The van der Waals surface area contributed by atoms with Crippen LogP contribution in [0.15, 0.2) is 30.3 Å². The van der Waals surface area contributed by atoms with E-state index in [9.17, 15) is 18.0 Å². The third-order valence-corrected chi connectivity index (χ3v) is 2.78. The number of amides is 1. The average Bonchev–Trinajstić information content (AvgIpc) is 2.43. The van der Waals surface area contributed by atoms with E-state index >= 15 is 0 Å². The summed E-state index contributed by atoms with van der Waals surface area (Å²) in [5.74, 6) is -0.690. The van der Waals surface area contributed by atoms with Crippen LogP contribution in [0.5, 0.6) is 0 Å². The number of ether oxygens (including phenoxy) is 1. The Labute approximate surface area is 121 Å². The number of rotatable bonds is 8. The van der Waals surface area contributed by atoms with Crippen LogP contribution < -0.4 is 10.6 Å². The van der Waals surface area contributed by atoms with Crippen molar-refractivity contribution in [3.63, 3.8) is 0 Å². The number of nitrogens with one attached hydrogen (secondary N) is 2. The van der Waals surface area contributed by atoms with E-state index in [1.807, 2.05) is 5.32 Å². The summed E-state index contributed by atoms with van der Waals surface area (Å²) in [4.78, 5) is 11.5. The van der Waals surface area contributed by atoms with Crippen LogP contribution in [-0.4, -0.2) is 44.9 Å². The molecule has 1 rings (SSSR count). The van der Waals surface area contributed by atoms with Gasteiger partial charge in [0, 0.05) is 20.1 Å². The van der Waals surface area contributed by atoms with Crippen molar-refractivity contribution in [2.75, 3.05) is 26.8 Å². The fourth-order valence-corrected chi connectivity index (χ4v) is 1.72. The van der Waals surface area contributed by atoms with E-state index in [2.05, 4.69) is 5.32 Å². The predicted molar refractivity (Wildman–Crippen MR) is 72.9 cm³/mol. The number of halogens is 3. The molecule has 0 aliphatic heterocycles. The van der Waals surface area contributed by atoms with Crippen LogP contribution >= 0.6 is 0 Å². The molecule has 0 aliphatic carbocycles. The second-order valence-electron chi connectivity index (χ2n) is 4.52. The summed E-state index contributed by atoms with van der Waals surface area (Å²) in [6.45, 7) is 0.615. The number of alkyl halides is 3. The number of carbonyl (C=O) groups is 1. The fourth-order valence-electron chi connectivity index (χ4n) is 1.72. The first-order valence-electron chi connectivity index (χ1n) is 6.53. The molecule has 0 radical (unpaired) electrons. The van der Waals surface area contributed by atoms with Crippen molar-refractivity contribution in [2.45, 2.75) is 18.6 Å². The lowest BCUT2D eigenvalue weighted by molar-refractivity contribution is -0.161. The maximum atomic E-state index is 13.0. The van der Waals surface area contributed by atoms with Gasteiger partial charge in [0.1, 0.15) is 6.04 Å². The zero-order valence-electron chi connectivity index (χ0n) is 11.7. The summed E-state index contributed by atoms with van der Waals surface area (Å²) < 4.78 is 43.6. The molecule has 1 aromatic carbocycles. The molecule has 1 aromatic rings. The van der Waals surface area contributed by atoms with Crippen molar-refractivity contribution in [3.8, 4) is 0 Å². The second kappa shape index (κ2) is 8.63.